The van der Waals surface area contributed by atoms with E-state index < -0.39 is 0 Å². The van der Waals surface area contributed by atoms with Crippen LogP contribution in [0, 0.1) is 0 Å². The Labute approximate surface area is 77.0 Å². The molecule has 0 radical (unpaired) electrons. The van der Waals surface area contributed by atoms with Crippen molar-refractivity contribution in [1.29, 1.82) is 0 Å². The van der Waals surface area contributed by atoms with Crippen molar-refractivity contribution in [3.05, 3.63) is 16.8 Å². The maximum absolute atomic E-state index is 5.89. The molecular weight excluding hydrogens is 168 g/mol. The Balaban J connectivity index is 2.04. The number of anilines is 1. The Morgan fingerprint density at radius 3 is 3.17 bits per heavy atom. The molecule has 1 aliphatic heterocycles. The molecule has 0 aromatic carbocycles. The molecule has 0 aliphatic carbocycles. The standard InChI is InChI=1S/C9H14N2S/c10-8-2-1-4-11(6-8)9-3-5-12-7-9/h3,5,7-8H,1-2,4,6,10H2. The quantitative estimate of drug-likeness (QED) is 0.716. The normalized spacial score (nSPS) is 24.4. The van der Waals surface area contributed by atoms with Crippen molar-refractivity contribution in [3.8, 4) is 0 Å². The second-order valence-electron chi connectivity index (χ2n) is 3.33. The summed E-state index contributed by atoms with van der Waals surface area (Å²) >= 11 is 1.75. The minimum Gasteiger partial charge on any atom is -0.369 e. The van der Waals surface area contributed by atoms with Crippen LogP contribution in [0.4, 0.5) is 5.69 Å². The van der Waals surface area contributed by atoms with E-state index >= 15 is 0 Å². The Morgan fingerprint density at radius 1 is 1.58 bits per heavy atom. The zero-order chi connectivity index (χ0) is 8.39. The molecule has 1 aromatic rings. The van der Waals surface area contributed by atoms with Gasteiger partial charge in [-0.2, -0.15) is 11.3 Å². The van der Waals surface area contributed by atoms with Gasteiger partial charge < -0.3 is 10.6 Å². The lowest BCUT2D eigenvalue weighted by Crippen LogP contribution is -2.42. The Morgan fingerprint density at radius 2 is 2.50 bits per heavy atom. The van der Waals surface area contributed by atoms with Gasteiger partial charge in [0, 0.05) is 30.2 Å². The van der Waals surface area contributed by atoms with Gasteiger partial charge in [0.2, 0.25) is 0 Å². The van der Waals surface area contributed by atoms with E-state index in [1.54, 1.807) is 11.3 Å². The van der Waals surface area contributed by atoms with E-state index in [-0.39, 0.29) is 0 Å². The molecule has 0 bridgehead atoms. The monoisotopic (exact) mass is 182 g/mol. The van der Waals surface area contributed by atoms with Gasteiger partial charge in [-0.3, -0.25) is 0 Å². The number of rotatable bonds is 1. The predicted molar refractivity (Wildman–Crippen MR) is 53.7 cm³/mol. The van der Waals surface area contributed by atoms with Gasteiger partial charge in [-0.15, -0.1) is 0 Å². The SMILES string of the molecule is NC1CCCN(c2ccsc2)C1. The first-order valence-corrected chi connectivity index (χ1v) is 5.33. The van der Waals surface area contributed by atoms with E-state index in [1.807, 2.05) is 0 Å². The highest BCUT2D eigenvalue weighted by atomic mass is 32.1. The smallest absolute Gasteiger partial charge is 0.0475 e. The Bertz CT molecular complexity index is 233. The molecule has 12 heavy (non-hydrogen) atoms. The molecule has 1 atom stereocenters. The molecule has 3 heteroatoms. The number of nitrogens with zero attached hydrogens (tertiary/aromatic N) is 1. The molecule has 0 spiro atoms. The molecule has 1 aromatic heterocycles. The number of piperidine rings is 1. The van der Waals surface area contributed by atoms with Gasteiger partial charge in [-0.05, 0) is 24.3 Å². The molecule has 1 fully saturated rings. The van der Waals surface area contributed by atoms with E-state index in [4.69, 9.17) is 5.73 Å². The van der Waals surface area contributed by atoms with Crippen LogP contribution in [0.15, 0.2) is 16.8 Å². The minimum atomic E-state index is 0.374. The molecule has 0 saturated carbocycles. The van der Waals surface area contributed by atoms with Gasteiger partial charge >= 0.3 is 0 Å². The Kier molecular flexibility index (Phi) is 2.33. The summed E-state index contributed by atoms with van der Waals surface area (Å²) in [7, 11) is 0. The first-order chi connectivity index (χ1) is 5.86. The van der Waals surface area contributed by atoms with E-state index in [2.05, 4.69) is 21.7 Å². The van der Waals surface area contributed by atoms with Crippen LogP contribution in [0.1, 0.15) is 12.8 Å². The van der Waals surface area contributed by atoms with E-state index in [9.17, 15) is 0 Å². The lowest BCUT2D eigenvalue weighted by atomic mass is 10.1. The Hall–Kier alpha value is -0.540. The van der Waals surface area contributed by atoms with Crippen molar-refractivity contribution >= 4 is 17.0 Å². The van der Waals surface area contributed by atoms with Crippen molar-refractivity contribution in [1.82, 2.24) is 0 Å². The maximum atomic E-state index is 5.89. The first-order valence-electron chi connectivity index (χ1n) is 4.39. The van der Waals surface area contributed by atoms with Crippen LogP contribution in [0.2, 0.25) is 0 Å². The largest absolute Gasteiger partial charge is 0.369 e. The lowest BCUT2D eigenvalue weighted by molar-refractivity contribution is 0.506. The van der Waals surface area contributed by atoms with Gasteiger partial charge in [-0.25, -0.2) is 0 Å². The van der Waals surface area contributed by atoms with Gasteiger partial charge in [0.15, 0.2) is 0 Å². The van der Waals surface area contributed by atoms with Gasteiger partial charge in [0.25, 0.3) is 0 Å². The summed E-state index contributed by atoms with van der Waals surface area (Å²) in [6, 6.07) is 2.54. The third-order valence-electron chi connectivity index (χ3n) is 2.33. The number of thiophene rings is 1. The predicted octanol–water partition coefficient (Wildman–Crippen LogP) is 1.68. The fourth-order valence-electron chi connectivity index (χ4n) is 1.68. The van der Waals surface area contributed by atoms with Crippen LogP contribution < -0.4 is 10.6 Å². The van der Waals surface area contributed by atoms with Crippen molar-refractivity contribution in [2.45, 2.75) is 18.9 Å². The van der Waals surface area contributed by atoms with Crippen LogP contribution in [-0.4, -0.2) is 19.1 Å². The first kappa shape index (κ1) is 8.08. The zero-order valence-electron chi connectivity index (χ0n) is 7.07. The maximum Gasteiger partial charge on any atom is 0.0475 e. The van der Waals surface area contributed by atoms with Crippen molar-refractivity contribution < 1.29 is 0 Å². The van der Waals surface area contributed by atoms with Gasteiger partial charge in [-0.1, -0.05) is 0 Å². The second-order valence-corrected chi connectivity index (χ2v) is 4.11. The van der Waals surface area contributed by atoms with Gasteiger partial charge in [0.05, 0.1) is 0 Å². The molecule has 2 N–H and O–H groups in total. The average Bonchev–Trinajstić information content (AvgIpc) is 2.56. The summed E-state index contributed by atoms with van der Waals surface area (Å²) in [6.07, 6.45) is 2.41. The highest BCUT2D eigenvalue weighted by Crippen LogP contribution is 2.21. The summed E-state index contributed by atoms with van der Waals surface area (Å²) in [5.74, 6) is 0. The lowest BCUT2D eigenvalue weighted by Gasteiger charge is -2.31. The molecule has 2 heterocycles. The molecule has 2 nitrogen and oxygen atoms in total. The fourth-order valence-corrected chi connectivity index (χ4v) is 2.35. The molecule has 2 rings (SSSR count). The topological polar surface area (TPSA) is 29.3 Å². The number of hydrogen-bond donors (Lipinski definition) is 1. The molecule has 66 valence electrons. The van der Waals surface area contributed by atoms with Crippen LogP contribution in [0.3, 0.4) is 0 Å². The minimum absolute atomic E-state index is 0.374. The molecule has 1 unspecified atom stereocenters. The summed E-state index contributed by atoms with van der Waals surface area (Å²) in [5.41, 5.74) is 7.24. The van der Waals surface area contributed by atoms with Crippen molar-refractivity contribution in [2.75, 3.05) is 18.0 Å². The highest BCUT2D eigenvalue weighted by molar-refractivity contribution is 7.08. The van der Waals surface area contributed by atoms with E-state index in [0.717, 1.165) is 6.54 Å². The molecule has 1 saturated heterocycles. The van der Waals surface area contributed by atoms with Gasteiger partial charge in [0.1, 0.15) is 0 Å². The summed E-state index contributed by atoms with van der Waals surface area (Å²) in [4.78, 5) is 2.38. The van der Waals surface area contributed by atoms with Crippen molar-refractivity contribution in [2.24, 2.45) is 5.73 Å². The van der Waals surface area contributed by atoms with E-state index in [1.165, 1.54) is 25.1 Å². The van der Waals surface area contributed by atoms with Crippen molar-refractivity contribution in [3.63, 3.8) is 0 Å². The van der Waals surface area contributed by atoms with E-state index in [0.29, 0.717) is 6.04 Å². The van der Waals surface area contributed by atoms with Crippen LogP contribution >= 0.6 is 11.3 Å². The third-order valence-corrected chi connectivity index (χ3v) is 3.00. The summed E-state index contributed by atoms with van der Waals surface area (Å²) in [5, 5.41) is 4.31. The summed E-state index contributed by atoms with van der Waals surface area (Å²) in [6.45, 7) is 2.20. The number of hydrogen-bond acceptors (Lipinski definition) is 3. The summed E-state index contributed by atoms with van der Waals surface area (Å²) < 4.78 is 0. The van der Waals surface area contributed by atoms with Crippen LogP contribution in [-0.2, 0) is 0 Å². The highest BCUT2D eigenvalue weighted by Gasteiger charge is 2.16. The van der Waals surface area contributed by atoms with Crippen LogP contribution in [0.5, 0.6) is 0 Å². The zero-order valence-corrected chi connectivity index (χ0v) is 7.89. The van der Waals surface area contributed by atoms with Crippen LogP contribution in [0.25, 0.3) is 0 Å². The molecular formula is C9H14N2S. The third kappa shape index (κ3) is 1.62. The second kappa shape index (κ2) is 3.46. The molecule has 1 aliphatic rings. The number of nitrogens with two attached hydrogens (primary N) is 1. The average molecular weight is 182 g/mol. The fraction of sp³-hybridized carbons (Fsp3) is 0.556. The molecule has 0 amide bonds.